The first-order valence-electron chi connectivity index (χ1n) is 9.64. The summed E-state index contributed by atoms with van der Waals surface area (Å²) < 4.78 is 0. The largest absolute Gasteiger partial charge is 0.367 e. The number of amides is 1. The van der Waals surface area contributed by atoms with E-state index in [1.54, 1.807) is 0 Å². The topological polar surface area (TPSA) is 45.2 Å². The smallest absolute Gasteiger partial charge is 0.251 e. The van der Waals surface area contributed by atoms with Crippen LogP contribution in [0.3, 0.4) is 0 Å². The van der Waals surface area contributed by atoms with Crippen LogP contribution < -0.4 is 10.2 Å². The molecule has 2 aromatic carbocycles. The zero-order chi connectivity index (χ0) is 18.8. The van der Waals surface area contributed by atoms with Crippen molar-refractivity contribution in [3.8, 4) is 0 Å². The summed E-state index contributed by atoms with van der Waals surface area (Å²) in [6.45, 7) is 5.78. The van der Waals surface area contributed by atoms with Gasteiger partial charge < -0.3 is 10.2 Å². The maximum atomic E-state index is 12.6. The average Bonchev–Trinajstić information content (AvgIpc) is 2.67. The number of pyridine rings is 1. The van der Waals surface area contributed by atoms with Gasteiger partial charge >= 0.3 is 0 Å². The lowest BCUT2D eigenvalue weighted by atomic mass is 9.95. The van der Waals surface area contributed by atoms with E-state index in [-0.39, 0.29) is 11.9 Å². The van der Waals surface area contributed by atoms with E-state index < -0.39 is 0 Å². The molecule has 0 saturated carbocycles. The van der Waals surface area contributed by atoms with Crippen LogP contribution in [0.15, 0.2) is 54.7 Å². The Morgan fingerprint density at radius 1 is 1.15 bits per heavy atom. The number of benzene rings is 2. The van der Waals surface area contributed by atoms with Gasteiger partial charge in [0, 0.05) is 42.0 Å². The number of anilines is 1. The summed E-state index contributed by atoms with van der Waals surface area (Å²) in [5, 5.41) is 4.19. The fraction of sp³-hybridized carbons (Fsp3) is 0.304. The summed E-state index contributed by atoms with van der Waals surface area (Å²) in [6, 6.07) is 16.6. The number of para-hydroxylation sites is 1. The lowest BCUT2D eigenvalue weighted by Gasteiger charge is -2.32. The van der Waals surface area contributed by atoms with Crippen molar-refractivity contribution in [2.75, 3.05) is 11.4 Å². The molecule has 1 aromatic heterocycles. The molecule has 0 spiro atoms. The zero-order valence-electron chi connectivity index (χ0n) is 15.9. The SMILES string of the molecule is CC(C)NC(=O)c1cccc2c1CCCN2Cc1cccc2cccnc12. The Balaban J connectivity index is 1.68. The Kier molecular flexibility index (Phi) is 4.80. The number of aromatic nitrogens is 1. The van der Waals surface area contributed by atoms with Crippen LogP contribution in [0, 0.1) is 0 Å². The molecule has 4 heteroatoms. The van der Waals surface area contributed by atoms with Gasteiger partial charge in [0.05, 0.1) is 5.52 Å². The van der Waals surface area contributed by atoms with Gasteiger partial charge in [-0.1, -0.05) is 30.3 Å². The highest BCUT2D eigenvalue weighted by Gasteiger charge is 2.23. The van der Waals surface area contributed by atoms with Crippen molar-refractivity contribution >= 4 is 22.5 Å². The maximum absolute atomic E-state index is 12.6. The van der Waals surface area contributed by atoms with Gasteiger partial charge in [-0.3, -0.25) is 9.78 Å². The Bertz CT molecular complexity index is 975. The van der Waals surface area contributed by atoms with Gasteiger partial charge in [0.2, 0.25) is 0 Å². The van der Waals surface area contributed by atoms with Crippen molar-refractivity contribution in [1.29, 1.82) is 0 Å². The summed E-state index contributed by atoms with van der Waals surface area (Å²) in [5.74, 6) is 0.0236. The fourth-order valence-electron chi connectivity index (χ4n) is 3.92. The molecule has 0 atom stereocenters. The predicted molar refractivity (Wildman–Crippen MR) is 110 cm³/mol. The minimum atomic E-state index is 0.0236. The molecule has 4 rings (SSSR count). The van der Waals surface area contributed by atoms with E-state index in [0.29, 0.717) is 0 Å². The van der Waals surface area contributed by atoms with Gasteiger partial charge in [0.1, 0.15) is 0 Å². The third-order valence-corrected chi connectivity index (χ3v) is 5.09. The van der Waals surface area contributed by atoms with Crippen molar-refractivity contribution in [3.05, 3.63) is 71.4 Å². The zero-order valence-corrected chi connectivity index (χ0v) is 15.9. The molecule has 0 fully saturated rings. The second-order valence-corrected chi connectivity index (χ2v) is 7.45. The average molecular weight is 359 g/mol. The quantitative estimate of drug-likeness (QED) is 0.754. The van der Waals surface area contributed by atoms with E-state index in [1.807, 2.05) is 38.2 Å². The summed E-state index contributed by atoms with van der Waals surface area (Å²) in [4.78, 5) is 19.6. The summed E-state index contributed by atoms with van der Waals surface area (Å²) >= 11 is 0. The van der Waals surface area contributed by atoms with Crippen molar-refractivity contribution < 1.29 is 4.79 Å². The lowest BCUT2D eigenvalue weighted by Crippen LogP contribution is -2.34. The van der Waals surface area contributed by atoms with Gasteiger partial charge in [-0.2, -0.15) is 0 Å². The first kappa shape index (κ1) is 17.5. The van der Waals surface area contributed by atoms with Crippen LogP contribution in [-0.4, -0.2) is 23.5 Å². The molecule has 27 heavy (non-hydrogen) atoms. The van der Waals surface area contributed by atoms with Gasteiger partial charge in [0.25, 0.3) is 5.91 Å². The van der Waals surface area contributed by atoms with E-state index in [0.717, 1.165) is 48.0 Å². The summed E-state index contributed by atoms with van der Waals surface area (Å²) in [5.41, 5.74) is 5.42. The monoisotopic (exact) mass is 359 g/mol. The van der Waals surface area contributed by atoms with Crippen LogP contribution in [0.2, 0.25) is 0 Å². The third kappa shape index (κ3) is 3.52. The fourth-order valence-corrected chi connectivity index (χ4v) is 3.92. The molecule has 0 saturated heterocycles. The third-order valence-electron chi connectivity index (χ3n) is 5.09. The highest BCUT2D eigenvalue weighted by molar-refractivity contribution is 5.97. The predicted octanol–water partition coefficient (Wildman–Crippen LogP) is 4.33. The van der Waals surface area contributed by atoms with Gasteiger partial charge in [-0.05, 0) is 56.0 Å². The second kappa shape index (κ2) is 7.39. The molecule has 1 amide bonds. The lowest BCUT2D eigenvalue weighted by molar-refractivity contribution is 0.0942. The van der Waals surface area contributed by atoms with Crippen LogP contribution in [0.5, 0.6) is 0 Å². The molecule has 1 aliphatic heterocycles. The molecular weight excluding hydrogens is 334 g/mol. The number of hydrogen-bond donors (Lipinski definition) is 1. The number of nitrogens with one attached hydrogen (secondary N) is 1. The number of nitrogens with zero attached hydrogens (tertiary/aromatic N) is 2. The molecule has 138 valence electrons. The molecule has 4 nitrogen and oxygen atoms in total. The van der Waals surface area contributed by atoms with Gasteiger partial charge in [0.15, 0.2) is 0 Å². The molecule has 2 heterocycles. The van der Waals surface area contributed by atoms with Gasteiger partial charge in [-0.15, -0.1) is 0 Å². The molecule has 0 bridgehead atoms. The van der Waals surface area contributed by atoms with Crippen LogP contribution in [0.1, 0.15) is 41.8 Å². The van der Waals surface area contributed by atoms with Crippen LogP contribution >= 0.6 is 0 Å². The van der Waals surface area contributed by atoms with E-state index in [4.69, 9.17) is 0 Å². The van der Waals surface area contributed by atoms with E-state index in [1.165, 1.54) is 11.3 Å². The van der Waals surface area contributed by atoms with Crippen LogP contribution in [-0.2, 0) is 13.0 Å². The Hall–Kier alpha value is -2.88. The Labute approximate surface area is 160 Å². The van der Waals surface area contributed by atoms with E-state index >= 15 is 0 Å². The minimum absolute atomic E-state index is 0.0236. The first-order chi connectivity index (χ1) is 13.1. The minimum Gasteiger partial charge on any atom is -0.367 e. The molecule has 0 radical (unpaired) electrons. The van der Waals surface area contributed by atoms with Crippen molar-refractivity contribution in [1.82, 2.24) is 10.3 Å². The Morgan fingerprint density at radius 2 is 1.96 bits per heavy atom. The summed E-state index contributed by atoms with van der Waals surface area (Å²) in [7, 11) is 0. The molecule has 0 unspecified atom stereocenters. The van der Waals surface area contributed by atoms with Crippen LogP contribution in [0.25, 0.3) is 10.9 Å². The normalized spacial score (nSPS) is 13.7. The molecular formula is C23H25N3O. The van der Waals surface area contributed by atoms with Crippen molar-refractivity contribution in [3.63, 3.8) is 0 Å². The first-order valence-corrected chi connectivity index (χ1v) is 9.64. The molecule has 3 aromatic rings. The molecule has 0 aliphatic carbocycles. The van der Waals surface area contributed by atoms with Crippen molar-refractivity contribution in [2.45, 2.75) is 39.3 Å². The van der Waals surface area contributed by atoms with Crippen molar-refractivity contribution in [2.24, 2.45) is 0 Å². The second-order valence-electron chi connectivity index (χ2n) is 7.45. The number of hydrogen-bond acceptors (Lipinski definition) is 3. The number of fused-ring (bicyclic) bond motifs is 2. The van der Waals surface area contributed by atoms with E-state index in [2.05, 4.69) is 45.5 Å². The molecule has 1 N–H and O–H groups in total. The van der Waals surface area contributed by atoms with Gasteiger partial charge in [-0.25, -0.2) is 0 Å². The highest BCUT2D eigenvalue weighted by atomic mass is 16.1. The van der Waals surface area contributed by atoms with Crippen LogP contribution in [0.4, 0.5) is 5.69 Å². The number of carbonyl (C=O) groups is 1. The standard InChI is InChI=1S/C23H25N3O/c1-16(2)25-23(27)20-10-4-12-21-19(20)11-6-14-26(21)15-18-8-3-7-17-9-5-13-24-22(17)18/h3-5,7-10,12-13,16H,6,11,14-15H2,1-2H3,(H,25,27). The maximum Gasteiger partial charge on any atom is 0.251 e. The Morgan fingerprint density at radius 3 is 2.81 bits per heavy atom. The van der Waals surface area contributed by atoms with E-state index in [9.17, 15) is 4.79 Å². The summed E-state index contributed by atoms with van der Waals surface area (Å²) in [6.07, 6.45) is 3.85. The number of rotatable bonds is 4. The number of carbonyl (C=O) groups excluding carboxylic acids is 1. The highest BCUT2D eigenvalue weighted by Crippen LogP contribution is 2.32. The molecule has 1 aliphatic rings.